The normalized spacial score (nSPS) is 13.1. The molecular weight excluding hydrogens is 462 g/mol. The van der Waals surface area contributed by atoms with E-state index in [1.54, 1.807) is 33.8 Å². The molecule has 2 N–H and O–H groups in total. The first-order chi connectivity index (χ1) is 16.7. The third-order valence-electron chi connectivity index (χ3n) is 5.36. The molecule has 0 aromatic heterocycles. The maximum absolute atomic E-state index is 13.9. The van der Waals surface area contributed by atoms with Crippen molar-refractivity contribution >= 4 is 23.9 Å². The molecule has 0 bridgehead atoms. The summed E-state index contributed by atoms with van der Waals surface area (Å²) in [5.74, 6) is -1.51. The van der Waals surface area contributed by atoms with E-state index in [9.17, 15) is 19.2 Å². The van der Waals surface area contributed by atoms with Crippen LogP contribution in [0.4, 0.5) is 4.79 Å². The summed E-state index contributed by atoms with van der Waals surface area (Å²) in [5, 5.41) is 5.48. The molecule has 0 aliphatic carbocycles. The second kappa shape index (κ2) is 13.8. The van der Waals surface area contributed by atoms with Crippen molar-refractivity contribution in [2.45, 2.75) is 92.5 Å². The quantitative estimate of drug-likeness (QED) is 0.441. The number of nitrogens with zero attached hydrogens (tertiary/aromatic N) is 1. The molecular formula is C27H43N3O6. The van der Waals surface area contributed by atoms with Gasteiger partial charge < -0.3 is 25.0 Å². The maximum atomic E-state index is 13.9. The summed E-state index contributed by atoms with van der Waals surface area (Å²) in [6, 6.07) is 5.08. The van der Waals surface area contributed by atoms with Crippen LogP contribution in [0.15, 0.2) is 24.3 Å². The standard InChI is InChI=1S/C27H43N3O6/c1-10-35-21(31)15-16-28-24(32)23(20-14-12-11-13-19(20)6)30(18(4)5)25(33)22(17(2)3)29-26(34)36-27(7,8)9/h11-14,17-18,22-23H,10,15-16H2,1-9H3,(H,28,32)(H,29,34). The van der Waals surface area contributed by atoms with Crippen LogP contribution in [-0.4, -0.2) is 59.6 Å². The molecule has 2 atom stereocenters. The zero-order valence-corrected chi connectivity index (χ0v) is 23.1. The Morgan fingerprint density at radius 1 is 1.03 bits per heavy atom. The van der Waals surface area contributed by atoms with Crippen LogP contribution in [0.2, 0.25) is 0 Å². The maximum Gasteiger partial charge on any atom is 0.408 e. The fourth-order valence-electron chi connectivity index (χ4n) is 3.72. The second-order valence-corrected chi connectivity index (χ2v) is 10.3. The number of hydrogen-bond acceptors (Lipinski definition) is 6. The second-order valence-electron chi connectivity index (χ2n) is 10.3. The van der Waals surface area contributed by atoms with Crippen LogP contribution in [0, 0.1) is 12.8 Å². The van der Waals surface area contributed by atoms with E-state index >= 15 is 0 Å². The van der Waals surface area contributed by atoms with E-state index in [4.69, 9.17) is 9.47 Å². The summed E-state index contributed by atoms with van der Waals surface area (Å²) in [6.45, 7) is 16.4. The topological polar surface area (TPSA) is 114 Å². The molecule has 1 aromatic carbocycles. The summed E-state index contributed by atoms with van der Waals surface area (Å²) in [7, 11) is 0. The number of hydrogen-bond donors (Lipinski definition) is 2. The molecule has 0 fully saturated rings. The van der Waals surface area contributed by atoms with E-state index in [1.807, 2.05) is 52.8 Å². The Labute approximate surface area is 215 Å². The molecule has 2 unspecified atom stereocenters. The first kappa shape index (κ1) is 30.9. The van der Waals surface area contributed by atoms with Crippen molar-refractivity contribution in [3.05, 3.63) is 35.4 Å². The molecule has 202 valence electrons. The molecule has 36 heavy (non-hydrogen) atoms. The van der Waals surface area contributed by atoms with Crippen molar-refractivity contribution < 1.29 is 28.7 Å². The van der Waals surface area contributed by atoms with Crippen molar-refractivity contribution in [2.75, 3.05) is 13.2 Å². The Kier molecular flexibility index (Phi) is 11.9. The van der Waals surface area contributed by atoms with Crippen LogP contribution in [0.5, 0.6) is 0 Å². The first-order valence-electron chi connectivity index (χ1n) is 12.5. The minimum Gasteiger partial charge on any atom is -0.466 e. The smallest absolute Gasteiger partial charge is 0.408 e. The molecule has 9 nitrogen and oxygen atoms in total. The van der Waals surface area contributed by atoms with Crippen molar-refractivity contribution in [1.29, 1.82) is 0 Å². The fourth-order valence-corrected chi connectivity index (χ4v) is 3.72. The molecule has 1 aromatic rings. The molecule has 0 saturated heterocycles. The van der Waals surface area contributed by atoms with Gasteiger partial charge in [0.1, 0.15) is 17.7 Å². The van der Waals surface area contributed by atoms with Crippen LogP contribution >= 0.6 is 0 Å². The van der Waals surface area contributed by atoms with Gasteiger partial charge in [0.25, 0.3) is 0 Å². The van der Waals surface area contributed by atoms with Crippen molar-refractivity contribution in [3.63, 3.8) is 0 Å². The monoisotopic (exact) mass is 505 g/mol. The highest BCUT2D eigenvalue weighted by molar-refractivity contribution is 5.92. The predicted octanol–water partition coefficient (Wildman–Crippen LogP) is 3.89. The predicted molar refractivity (Wildman–Crippen MR) is 138 cm³/mol. The Bertz CT molecular complexity index is 907. The summed E-state index contributed by atoms with van der Waals surface area (Å²) >= 11 is 0. The van der Waals surface area contributed by atoms with Crippen LogP contribution in [-0.2, 0) is 23.9 Å². The van der Waals surface area contributed by atoms with E-state index in [1.165, 1.54) is 4.90 Å². The highest BCUT2D eigenvalue weighted by Crippen LogP contribution is 2.28. The van der Waals surface area contributed by atoms with Crippen LogP contribution in [0.3, 0.4) is 0 Å². The van der Waals surface area contributed by atoms with Gasteiger partial charge in [0.15, 0.2) is 0 Å². The number of aryl methyl sites for hydroxylation is 1. The number of alkyl carbamates (subject to hydrolysis) is 1. The molecule has 0 spiro atoms. The summed E-state index contributed by atoms with van der Waals surface area (Å²) in [6.07, 6.45) is -0.686. The number of amides is 3. The van der Waals surface area contributed by atoms with Gasteiger partial charge in [0, 0.05) is 12.6 Å². The number of ether oxygens (including phenoxy) is 2. The minimum absolute atomic E-state index is 0.0184. The molecule has 1 rings (SSSR count). The average molecular weight is 506 g/mol. The molecule has 0 aliphatic heterocycles. The number of carbonyl (C=O) groups excluding carboxylic acids is 4. The van der Waals surface area contributed by atoms with Crippen LogP contribution < -0.4 is 10.6 Å². The molecule has 0 radical (unpaired) electrons. The zero-order valence-electron chi connectivity index (χ0n) is 23.1. The average Bonchev–Trinajstić information content (AvgIpc) is 2.74. The van der Waals surface area contributed by atoms with Gasteiger partial charge in [-0.1, -0.05) is 38.1 Å². The van der Waals surface area contributed by atoms with E-state index in [0.717, 1.165) is 5.56 Å². The van der Waals surface area contributed by atoms with Crippen molar-refractivity contribution in [1.82, 2.24) is 15.5 Å². The zero-order chi connectivity index (χ0) is 27.6. The Morgan fingerprint density at radius 3 is 2.14 bits per heavy atom. The fraction of sp³-hybridized carbons (Fsp3) is 0.630. The molecule has 0 heterocycles. The highest BCUT2D eigenvalue weighted by Gasteiger charge is 2.39. The number of rotatable bonds is 11. The van der Waals surface area contributed by atoms with Gasteiger partial charge in [-0.2, -0.15) is 0 Å². The largest absolute Gasteiger partial charge is 0.466 e. The van der Waals surface area contributed by atoms with Gasteiger partial charge in [0.05, 0.1) is 13.0 Å². The lowest BCUT2D eigenvalue weighted by Crippen LogP contribution is -2.56. The van der Waals surface area contributed by atoms with E-state index < -0.39 is 41.6 Å². The van der Waals surface area contributed by atoms with E-state index in [0.29, 0.717) is 5.56 Å². The van der Waals surface area contributed by atoms with E-state index in [2.05, 4.69) is 10.6 Å². The third-order valence-corrected chi connectivity index (χ3v) is 5.36. The van der Waals surface area contributed by atoms with Gasteiger partial charge in [-0.15, -0.1) is 0 Å². The van der Waals surface area contributed by atoms with E-state index in [-0.39, 0.29) is 31.5 Å². The van der Waals surface area contributed by atoms with Gasteiger partial charge in [0.2, 0.25) is 11.8 Å². The SMILES string of the molecule is CCOC(=O)CCNC(=O)C(c1ccccc1C)N(C(=O)C(NC(=O)OC(C)(C)C)C(C)C)C(C)C. The summed E-state index contributed by atoms with van der Waals surface area (Å²) in [5.41, 5.74) is 0.769. The van der Waals surface area contributed by atoms with Crippen LogP contribution in [0.1, 0.15) is 79.0 Å². The van der Waals surface area contributed by atoms with Gasteiger partial charge >= 0.3 is 12.1 Å². The Morgan fingerprint density at radius 2 is 1.64 bits per heavy atom. The summed E-state index contributed by atoms with van der Waals surface area (Å²) in [4.78, 5) is 53.2. The summed E-state index contributed by atoms with van der Waals surface area (Å²) < 4.78 is 10.3. The number of nitrogens with one attached hydrogen (secondary N) is 2. The lowest BCUT2D eigenvalue weighted by molar-refractivity contribution is -0.146. The van der Waals surface area contributed by atoms with Crippen molar-refractivity contribution in [2.24, 2.45) is 5.92 Å². The number of carbonyl (C=O) groups is 4. The molecule has 9 heteroatoms. The van der Waals surface area contributed by atoms with Gasteiger partial charge in [-0.3, -0.25) is 14.4 Å². The molecule has 3 amide bonds. The van der Waals surface area contributed by atoms with Crippen LogP contribution in [0.25, 0.3) is 0 Å². The molecule has 0 saturated carbocycles. The van der Waals surface area contributed by atoms with Crippen molar-refractivity contribution in [3.8, 4) is 0 Å². The Hall–Kier alpha value is -3.10. The minimum atomic E-state index is -0.970. The lowest BCUT2D eigenvalue weighted by atomic mass is 9.95. The number of esters is 1. The molecule has 0 aliphatic rings. The third kappa shape index (κ3) is 9.51. The van der Waals surface area contributed by atoms with Gasteiger partial charge in [-0.05, 0) is 65.5 Å². The first-order valence-corrected chi connectivity index (χ1v) is 12.5. The highest BCUT2D eigenvalue weighted by atomic mass is 16.6. The van der Waals surface area contributed by atoms with Gasteiger partial charge in [-0.25, -0.2) is 4.79 Å². The number of benzene rings is 1. The Balaban J connectivity index is 3.36. The lowest BCUT2D eigenvalue weighted by Gasteiger charge is -2.38.